The second kappa shape index (κ2) is 13.8. The largest absolute Gasteiger partial charge is 0.405 e. The van der Waals surface area contributed by atoms with E-state index in [2.05, 4.69) is 16.9 Å². The quantitative estimate of drug-likeness (QED) is 0.177. The molecule has 4 aromatic rings. The van der Waals surface area contributed by atoms with E-state index in [-0.39, 0.29) is 37.0 Å². The van der Waals surface area contributed by atoms with Gasteiger partial charge < -0.3 is 21.3 Å². The van der Waals surface area contributed by atoms with Crippen molar-refractivity contribution in [2.45, 2.75) is 4.90 Å². The van der Waals surface area contributed by atoms with Crippen molar-refractivity contribution in [2.24, 2.45) is 5.73 Å². The number of aromatic nitrogens is 3. The zero-order valence-electron chi connectivity index (χ0n) is 22.4. The van der Waals surface area contributed by atoms with Crippen molar-refractivity contribution < 1.29 is 18.6 Å². The number of pyridine rings is 1. The van der Waals surface area contributed by atoms with Crippen LogP contribution in [0.2, 0.25) is 0 Å². The molecule has 0 radical (unpaired) electrons. The molecule has 0 saturated carbocycles. The van der Waals surface area contributed by atoms with E-state index in [0.29, 0.717) is 23.4 Å². The molecule has 0 saturated heterocycles. The highest BCUT2D eigenvalue weighted by Gasteiger charge is 2.25. The topological polar surface area (TPSA) is 155 Å². The van der Waals surface area contributed by atoms with Crippen molar-refractivity contribution >= 4 is 26.7 Å². The number of fused-ring (bicyclic) bond motifs is 1. The minimum Gasteiger partial charge on any atom is -0.405 e. The number of hydrogen-bond acceptors (Lipinski definition) is 9. The summed E-state index contributed by atoms with van der Waals surface area (Å²) in [4.78, 5) is 13.7. The lowest BCUT2D eigenvalue weighted by Crippen LogP contribution is -2.35. The molecule has 5 N–H and O–H groups in total. The van der Waals surface area contributed by atoms with Crippen LogP contribution in [0.15, 0.2) is 108 Å². The van der Waals surface area contributed by atoms with E-state index in [0.717, 1.165) is 26.4 Å². The van der Waals surface area contributed by atoms with Gasteiger partial charge in [0.15, 0.2) is 5.82 Å². The summed E-state index contributed by atoms with van der Waals surface area (Å²) in [5.41, 5.74) is 9.17. The van der Waals surface area contributed by atoms with Gasteiger partial charge in [-0.2, -0.15) is 4.31 Å². The van der Waals surface area contributed by atoms with Crippen LogP contribution in [-0.2, 0) is 10.0 Å². The molecular weight excluding hydrogens is 540 g/mol. The molecule has 0 spiro atoms. The van der Waals surface area contributed by atoms with Crippen LogP contribution < -0.4 is 11.1 Å². The third-order valence-electron chi connectivity index (χ3n) is 6.15. The molecule has 4 rings (SSSR count). The van der Waals surface area contributed by atoms with Gasteiger partial charge in [0.05, 0.1) is 24.1 Å². The molecule has 41 heavy (non-hydrogen) atoms. The van der Waals surface area contributed by atoms with Gasteiger partial charge in [0, 0.05) is 37.6 Å². The van der Waals surface area contributed by atoms with Gasteiger partial charge in [-0.25, -0.2) is 18.4 Å². The maximum atomic E-state index is 13.2. The van der Waals surface area contributed by atoms with Gasteiger partial charge in [0.2, 0.25) is 10.0 Å². The molecule has 0 unspecified atom stereocenters. The Labute approximate surface area is 239 Å². The van der Waals surface area contributed by atoms with E-state index in [1.165, 1.54) is 24.7 Å². The number of nitrogens with two attached hydrogens (primary N) is 1. The smallest absolute Gasteiger partial charge is 0.244 e. The summed E-state index contributed by atoms with van der Waals surface area (Å²) in [6.07, 6.45) is 9.48. The fourth-order valence-corrected chi connectivity index (χ4v) is 5.63. The number of aliphatic hydroxyl groups is 2. The monoisotopic (exact) mass is 572 g/mol. The highest BCUT2D eigenvalue weighted by atomic mass is 32.2. The third kappa shape index (κ3) is 7.02. The van der Waals surface area contributed by atoms with Gasteiger partial charge in [0.1, 0.15) is 10.7 Å². The Morgan fingerprint density at radius 3 is 2.44 bits per heavy atom. The van der Waals surface area contributed by atoms with Gasteiger partial charge in [-0.05, 0) is 41.1 Å². The van der Waals surface area contributed by atoms with E-state index in [4.69, 9.17) is 15.7 Å². The average molecular weight is 573 g/mol. The van der Waals surface area contributed by atoms with Crippen LogP contribution in [0.3, 0.4) is 0 Å². The van der Waals surface area contributed by atoms with E-state index < -0.39 is 10.0 Å². The van der Waals surface area contributed by atoms with Gasteiger partial charge in [-0.3, -0.25) is 4.98 Å². The lowest BCUT2D eigenvalue weighted by atomic mass is 10.0. The summed E-state index contributed by atoms with van der Waals surface area (Å²) < 4.78 is 27.5. The van der Waals surface area contributed by atoms with Gasteiger partial charge in [0.25, 0.3) is 0 Å². The van der Waals surface area contributed by atoms with Crippen molar-refractivity contribution in [2.75, 3.05) is 38.2 Å². The van der Waals surface area contributed by atoms with Crippen molar-refractivity contribution in [1.29, 1.82) is 0 Å². The Hall–Kier alpha value is -4.42. The van der Waals surface area contributed by atoms with Crippen LogP contribution in [0.4, 0.5) is 5.82 Å². The minimum absolute atomic E-state index is 0.0976. The molecule has 0 aliphatic heterocycles. The number of allylic oxidation sites excluding steroid dienone is 2. The van der Waals surface area contributed by atoms with Crippen molar-refractivity contribution in [3.8, 4) is 22.5 Å². The molecule has 0 bridgehead atoms. The Balaban J connectivity index is 1.83. The first kappa shape index (κ1) is 29.6. The number of sulfonamides is 1. The fraction of sp³-hybridized carbons (Fsp3) is 0.167. The molecular formula is C30H32N6O4S. The summed E-state index contributed by atoms with van der Waals surface area (Å²) in [5.74, 6) is 0.821. The summed E-state index contributed by atoms with van der Waals surface area (Å²) >= 11 is 0. The number of rotatable bonds is 13. The van der Waals surface area contributed by atoms with E-state index in [1.807, 2.05) is 54.6 Å². The van der Waals surface area contributed by atoms with E-state index in [1.54, 1.807) is 12.2 Å². The van der Waals surface area contributed by atoms with Crippen molar-refractivity contribution in [3.63, 3.8) is 0 Å². The molecule has 0 aliphatic rings. The van der Waals surface area contributed by atoms with Crippen LogP contribution in [0.5, 0.6) is 0 Å². The van der Waals surface area contributed by atoms with Gasteiger partial charge >= 0.3 is 0 Å². The van der Waals surface area contributed by atoms with Crippen LogP contribution >= 0.6 is 0 Å². The molecule has 2 heterocycles. The van der Waals surface area contributed by atoms with Crippen molar-refractivity contribution in [1.82, 2.24) is 19.3 Å². The predicted molar refractivity (Wildman–Crippen MR) is 161 cm³/mol. The maximum Gasteiger partial charge on any atom is 0.244 e. The normalized spacial score (nSPS) is 12.1. The lowest BCUT2D eigenvalue weighted by molar-refractivity contribution is 0.217. The Kier molecular flexibility index (Phi) is 9.93. The summed E-state index contributed by atoms with van der Waals surface area (Å²) in [5, 5.41) is 22.9. The average Bonchev–Trinajstić information content (AvgIpc) is 3.00. The standard InChI is InChI=1S/C30H32N6O4S/c1-22(8-5-6-13-31)19-33-30-28-26(23-9-3-2-4-10-23)11-7-12-27(28)34-29(35-30)24-18-25(21-32-20-24)41(39,40)36(14-16-37)15-17-38/h2-13,18,20-21,37-38H,1,14-17,19,31H2,(H,33,34,35)/b8-5-,13-6-. The van der Waals surface area contributed by atoms with Crippen LogP contribution in [-0.4, -0.2) is 70.7 Å². The summed E-state index contributed by atoms with van der Waals surface area (Å²) in [6, 6.07) is 17.1. The minimum atomic E-state index is -4.04. The highest BCUT2D eigenvalue weighted by molar-refractivity contribution is 7.89. The number of aliphatic hydroxyl groups excluding tert-OH is 2. The summed E-state index contributed by atoms with van der Waals surface area (Å²) in [6.45, 7) is 3.38. The van der Waals surface area contributed by atoms with Gasteiger partial charge in [-0.15, -0.1) is 0 Å². The maximum absolute atomic E-state index is 13.2. The highest BCUT2D eigenvalue weighted by Crippen LogP contribution is 2.34. The number of hydrogen-bond donors (Lipinski definition) is 4. The number of benzene rings is 2. The second-order valence-electron chi connectivity index (χ2n) is 8.98. The van der Waals surface area contributed by atoms with Crippen molar-refractivity contribution in [3.05, 3.63) is 104 Å². The molecule has 0 aliphatic carbocycles. The molecule has 0 fully saturated rings. The van der Waals surface area contributed by atoms with E-state index in [9.17, 15) is 18.6 Å². The van der Waals surface area contributed by atoms with Crippen LogP contribution in [0, 0.1) is 0 Å². The van der Waals surface area contributed by atoms with E-state index >= 15 is 0 Å². The second-order valence-corrected chi connectivity index (χ2v) is 10.9. The molecule has 0 atom stereocenters. The molecule has 2 aromatic carbocycles. The molecule has 212 valence electrons. The molecule has 2 aromatic heterocycles. The van der Waals surface area contributed by atoms with Gasteiger partial charge in [-0.1, -0.05) is 61.2 Å². The van der Waals surface area contributed by atoms with Crippen LogP contribution in [0.25, 0.3) is 33.4 Å². The Bertz CT molecular complexity index is 1670. The molecule has 11 heteroatoms. The molecule has 0 amide bonds. The zero-order valence-corrected chi connectivity index (χ0v) is 23.2. The fourth-order valence-electron chi connectivity index (χ4n) is 4.22. The third-order valence-corrected chi connectivity index (χ3v) is 8.02. The number of anilines is 1. The molecule has 10 nitrogen and oxygen atoms in total. The predicted octanol–water partition coefficient (Wildman–Crippen LogP) is 3.33. The SMILES string of the molecule is C=C(/C=C\C=C/N)CNc1nc(-c2cncc(S(=O)(=O)N(CCO)CCO)c2)nc2cccc(-c3ccccc3)c12. The number of nitrogens with zero attached hydrogens (tertiary/aromatic N) is 4. The summed E-state index contributed by atoms with van der Waals surface area (Å²) in [7, 11) is -4.04. The lowest BCUT2D eigenvalue weighted by Gasteiger charge is -2.20. The zero-order chi connectivity index (χ0) is 29.2. The Morgan fingerprint density at radius 1 is 0.976 bits per heavy atom. The first-order valence-corrected chi connectivity index (χ1v) is 14.3. The number of nitrogens with one attached hydrogen (secondary N) is 1. The first-order valence-electron chi connectivity index (χ1n) is 12.9. The first-order chi connectivity index (χ1) is 19.9. The van der Waals surface area contributed by atoms with Crippen LogP contribution in [0.1, 0.15) is 0 Å². The Morgan fingerprint density at radius 2 is 1.73 bits per heavy atom.